The number of halogens is 1. The zero-order chi connectivity index (χ0) is 12.4. The third kappa shape index (κ3) is 2.31. The second-order valence-corrected chi connectivity index (χ2v) is 3.76. The van der Waals surface area contributed by atoms with Gasteiger partial charge in [0.2, 0.25) is 0 Å². The first-order chi connectivity index (χ1) is 8.11. The van der Waals surface area contributed by atoms with Gasteiger partial charge >= 0.3 is 5.97 Å². The number of thiocarbonyl (C=S) groups is 1. The lowest BCUT2D eigenvalue weighted by molar-refractivity contribution is -0.131. The van der Waals surface area contributed by atoms with Crippen LogP contribution in [0.5, 0.6) is 5.75 Å². The molecule has 2 aromatic rings. The summed E-state index contributed by atoms with van der Waals surface area (Å²) >= 11 is 4.75. The van der Waals surface area contributed by atoms with E-state index in [1.165, 1.54) is 24.6 Å². The molecule has 1 aromatic heterocycles. The van der Waals surface area contributed by atoms with Gasteiger partial charge < -0.3 is 4.74 Å². The highest BCUT2D eigenvalue weighted by atomic mass is 32.1. The van der Waals surface area contributed by atoms with Crippen molar-refractivity contribution in [2.45, 2.75) is 13.5 Å². The highest BCUT2D eigenvalue weighted by Crippen LogP contribution is 2.27. The minimum Gasteiger partial charge on any atom is -0.424 e. The van der Waals surface area contributed by atoms with Crippen LogP contribution in [-0.2, 0) is 11.3 Å². The molecule has 0 bridgehead atoms. The first kappa shape index (κ1) is 11.7. The number of hydrogen-bond donors (Lipinski definition) is 0. The average molecular weight is 252 g/mol. The van der Waals surface area contributed by atoms with Crippen molar-refractivity contribution < 1.29 is 13.9 Å². The summed E-state index contributed by atoms with van der Waals surface area (Å²) in [5, 5.41) is 6.12. The number of fused-ring (bicyclic) bond motifs is 1. The summed E-state index contributed by atoms with van der Waals surface area (Å²) in [6.07, 6.45) is 1.50. The topological polar surface area (TPSA) is 44.1 Å². The van der Waals surface area contributed by atoms with Gasteiger partial charge in [-0.25, -0.2) is 4.39 Å². The third-order valence-corrected chi connectivity index (χ3v) is 2.31. The van der Waals surface area contributed by atoms with Crippen molar-refractivity contribution in [1.82, 2.24) is 9.78 Å². The van der Waals surface area contributed by atoms with E-state index in [2.05, 4.69) is 5.10 Å². The van der Waals surface area contributed by atoms with Crippen molar-refractivity contribution in [1.29, 1.82) is 0 Å². The van der Waals surface area contributed by atoms with E-state index in [-0.39, 0.29) is 5.75 Å². The molecular formula is C11H9FN2O2S. The van der Waals surface area contributed by atoms with E-state index in [4.69, 9.17) is 17.0 Å². The van der Waals surface area contributed by atoms with Gasteiger partial charge in [0.15, 0.2) is 5.75 Å². The Labute approximate surface area is 102 Å². The fraction of sp³-hybridized carbons (Fsp3) is 0.182. The van der Waals surface area contributed by atoms with Gasteiger partial charge in [-0.15, -0.1) is 0 Å². The molecule has 0 fully saturated rings. The molecule has 88 valence electrons. The number of rotatable bonds is 3. The highest BCUT2D eigenvalue weighted by Gasteiger charge is 2.12. The Morgan fingerprint density at radius 3 is 3.06 bits per heavy atom. The minimum absolute atomic E-state index is 0.154. The number of hydrogen-bond acceptors (Lipinski definition) is 4. The molecule has 0 saturated heterocycles. The van der Waals surface area contributed by atoms with Gasteiger partial charge in [-0.1, -0.05) is 12.2 Å². The van der Waals surface area contributed by atoms with Crippen LogP contribution in [0.2, 0.25) is 0 Å². The Balaban J connectivity index is 2.64. The summed E-state index contributed by atoms with van der Waals surface area (Å²) < 4.78 is 19.8. The number of esters is 1. The van der Waals surface area contributed by atoms with E-state index in [0.29, 0.717) is 17.4 Å². The van der Waals surface area contributed by atoms with Gasteiger partial charge in [0.25, 0.3) is 0 Å². The van der Waals surface area contributed by atoms with E-state index >= 15 is 0 Å². The summed E-state index contributed by atoms with van der Waals surface area (Å²) in [7, 11) is 0. The first-order valence-corrected chi connectivity index (χ1v) is 5.36. The quantitative estimate of drug-likeness (QED) is 0.476. The molecule has 0 saturated carbocycles. The minimum atomic E-state index is -0.507. The lowest BCUT2D eigenvalue weighted by Crippen LogP contribution is -2.06. The molecule has 1 aromatic carbocycles. The van der Waals surface area contributed by atoms with Crippen molar-refractivity contribution in [2.24, 2.45) is 0 Å². The maximum Gasteiger partial charge on any atom is 0.308 e. The molecule has 0 aliphatic carbocycles. The van der Waals surface area contributed by atoms with Crippen LogP contribution in [0.15, 0.2) is 18.3 Å². The van der Waals surface area contributed by atoms with Crippen LogP contribution < -0.4 is 4.74 Å². The molecule has 0 spiro atoms. The van der Waals surface area contributed by atoms with Gasteiger partial charge in [-0.3, -0.25) is 9.48 Å². The van der Waals surface area contributed by atoms with Crippen LogP contribution in [0.3, 0.4) is 0 Å². The molecular weight excluding hydrogens is 243 g/mol. The predicted molar refractivity (Wildman–Crippen MR) is 64.7 cm³/mol. The monoisotopic (exact) mass is 252 g/mol. The normalized spacial score (nSPS) is 10.5. The van der Waals surface area contributed by atoms with E-state index in [9.17, 15) is 9.18 Å². The summed E-state index contributed by atoms with van der Waals surface area (Å²) in [5.74, 6) is -0.829. The number of ether oxygens (including phenoxy) is 1. The average Bonchev–Trinajstić information content (AvgIpc) is 2.61. The second kappa shape index (κ2) is 4.58. The predicted octanol–water partition coefficient (Wildman–Crippen LogP) is 2.10. The molecule has 17 heavy (non-hydrogen) atoms. The van der Waals surface area contributed by atoms with Crippen LogP contribution in [-0.4, -0.2) is 21.1 Å². The zero-order valence-electron chi connectivity index (χ0n) is 9.01. The van der Waals surface area contributed by atoms with Gasteiger partial charge in [0.05, 0.1) is 12.7 Å². The van der Waals surface area contributed by atoms with Crippen molar-refractivity contribution in [2.75, 3.05) is 0 Å². The molecule has 0 aliphatic heterocycles. The molecule has 0 aliphatic rings. The Bertz CT molecular complexity index is 594. The Hall–Kier alpha value is -1.82. The zero-order valence-corrected chi connectivity index (χ0v) is 9.83. The van der Waals surface area contributed by atoms with Gasteiger partial charge in [-0.2, -0.15) is 5.10 Å². The van der Waals surface area contributed by atoms with Crippen LogP contribution in [0.4, 0.5) is 4.39 Å². The summed E-state index contributed by atoms with van der Waals surface area (Å²) in [6.45, 7) is 1.65. The Morgan fingerprint density at radius 1 is 1.65 bits per heavy atom. The largest absolute Gasteiger partial charge is 0.424 e. The number of nitrogens with zero attached hydrogens (tertiary/aromatic N) is 2. The van der Waals surface area contributed by atoms with E-state index < -0.39 is 11.8 Å². The maximum atomic E-state index is 13.3. The number of carbonyl (C=O) groups excluding carboxylic acids is 1. The lowest BCUT2D eigenvalue weighted by Gasteiger charge is -2.06. The van der Waals surface area contributed by atoms with Crippen LogP contribution in [0.1, 0.15) is 6.92 Å². The molecule has 6 heteroatoms. The Kier molecular flexibility index (Phi) is 3.14. The molecule has 0 N–H and O–H groups in total. The smallest absolute Gasteiger partial charge is 0.308 e. The SMILES string of the molecule is CC(=O)Oc1cc(F)cc2cnn(CC=S)c12. The fourth-order valence-electron chi connectivity index (χ4n) is 1.60. The highest BCUT2D eigenvalue weighted by molar-refractivity contribution is 7.78. The van der Waals surface area contributed by atoms with Crippen molar-refractivity contribution in [3.8, 4) is 5.75 Å². The van der Waals surface area contributed by atoms with Crippen LogP contribution in [0.25, 0.3) is 10.9 Å². The van der Waals surface area contributed by atoms with Crippen molar-refractivity contribution in [3.63, 3.8) is 0 Å². The van der Waals surface area contributed by atoms with Crippen LogP contribution >= 0.6 is 12.2 Å². The van der Waals surface area contributed by atoms with Gasteiger partial charge in [-0.05, 0) is 6.07 Å². The van der Waals surface area contributed by atoms with E-state index in [1.807, 2.05) is 0 Å². The molecule has 0 amide bonds. The van der Waals surface area contributed by atoms with Gasteiger partial charge in [0, 0.05) is 23.7 Å². The first-order valence-electron chi connectivity index (χ1n) is 4.89. The standard InChI is InChI=1S/C11H9FN2O2S/c1-7(15)16-10-5-9(12)4-8-6-13-14(2-3-17)11(8)10/h3-6H,2H2,1H3. The van der Waals surface area contributed by atoms with Gasteiger partial charge in [0.1, 0.15) is 11.3 Å². The van der Waals surface area contributed by atoms with Crippen molar-refractivity contribution in [3.05, 3.63) is 24.1 Å². The number of benzene rings is 1. The maximum absolute atomic E-state index is 13.3. The molecule has 4 nitrogen and oxygen atoms in total. The second-order valence-electron chi connectivity index (χ2n) is 3.43. The summed E-state index contributed by atoms with van der Waals surface area (Å²) in [4.78, 5) is 11.0. The third-order valence-electron chi connectivity index (χ3n) is 2.16. The molecule has 0 radical (unpaired) electrons. The molecule has 2 rings (SSSR count). The lowest BCUT2D eigenvalue weighted by atomic mass is 10.2. The van der Waals surface area contributed by atoms with E-state index in [1.54, 1.807) is 4.68 Å². The number of aromatic nitrogens is 2. The summed E-state index contributed by atoms with van der Waals surface area (Å²) in [5.41, 5.74) is 0.558. The Morgan fingerprint density at radius 2 is 2.41 bits per heavy atom. The molecule has 1 heterocycles. The van der Waals surface area contributed by atoms with Crippen LogP contribution in [0, 0.1) is 5.82 Å². The van der Waals surface area contributed by atoms with Crippen molar-refractivity contribution >= 4 is 34.5 Å². The molecule has 0 unspecified atom stereocenters. The van der Waals surface area contributed by atoms with E-state index in [0.717, 1.165) is 6.07 Å². The fourth-order valence-corrected chi connectivity index (χ4v) is 1.74. The number of carbonyl (C=O) groups is 1. The molecule has 0 atom stereocenters. The summed E-state index contributed by atoms with van der Waals surface area (Å²) in [6, 6.07) is 2.49.